The van der Waals surface area contributed by atoms with Crippen molar-refractivity contribution >= 4 is 17.7 Å². The van der Waals surface area contributed by atoms with E-state index in [9.17, 15) is 4.79 Å². The second-order valence-corrected chi connectivity index (χ2v) is 7.43. The van der Waals surface area contributed by atoms with Crippen molar-refractivity contribution in [3.63, 3.8) is 0 Å². The minimum atomic E-state index is -0.262. The molecular formula is C20H23ClN4O3. The Kier molecular flexibility index (Phi) is 6.04. The van der Waals surface area contributed by atoms with Crippen molar-refractivity contribution in [1.29, 1.82) is 0 Å². The van der Waals surface area contributed by atoms with Gasteiger partial charge in [0.25, 0.3) is 0 Å². The van der Waals surface area contributed by atoms with Crippen LogP contribution < -0.4 is 0 Å². The van der Waals surface area contributed by atoms with Crippen LogP contribution in [0.3, 0.4) is 0 Å². The van der Waals surface area contributed by atoms with Crippen LogP contribution in [0.1, 0.15) is 17.5 Å². The summed E-state index contributed by atoms with van der Waals surface area (Å²) >= 11 is 5.75. The second kappa shape index (κ2) is 8.86. The summed E-state index contributed by atoms with van der Waals surface area (Å²) in [4.78, 5) is 24.8. The lowest BCUT2D eigenvalue weighted by molar-refractivity contribution is -0.0992. The highest BCUT2D eigenvalue weighted by atomic mass is 35.5. The molecule has 2 saturated heterocycles. The second-order valence-electron chi connectivity index (χ2n) is 7.09. The molecule has 2 atom stereocenters. The Morgan fingerprint density at radius 2 is 1.96 bits per heavy atom. The third-order valence-electron chi connectivity index (χ3n) is 5.19. The molecule has 2 aromatic rings. The van der Waals surface area contributed by atoms with Gasteiger partial charge in [-0.25, -0.2) is 14.8 Å². The minimum absolute atomic E-state index is 0.0139. The van der Waals surface area contributed by atoms with E-state index in [4.69, 9.17) is 21.1 Å². The molecular weight excluding hydrogens is 380 g/mol. The fourth-order valence-corrected chi connectivity index (χ4v) is 3.91. The minimum Gasteiger partial charge on any atom is -0.445 e. The predicted octanol–water partition coefficient (Wildman–Crippen LogP) is 2.74. The van der Waals surface area contributed by atoms with E-state index in [1.807, 2.05) is 35.2 Å². The summed E-state index contributed by atoms with van der Waals surface area (Å²) in [7, 11) is 0. The van der Waals surface area contributed by atoms with Gasteiger partial charge in [-0.15, -0.1) is 0 Å². The average Bonchev–Trinajstić information content (AvgIpc) is 2.74. The van der Waals surface area contributed by atoms with Crippen molar-refractivity contribution in [2.75, 3.05) is 26.2 Å². The molecule has 2 fully saturated rings. The van der Waals surface area contributed by atoms with Gasteiger partial charge in [-0.1, -0.05) is 30.3 Å². The average molecular weight is 403 g/mol. The van der Waals surface area contributed by atoms with Crippen LogP contribution in [0.25, 0.3) is 0 Å². The number of carbonyl (C=O) groups excluding carboxylic acids is 1. The van der Waals surface area contributed by atoms with Crippen molar-refractivity contribution in [2.45, 2.75) is 31.7 Å². The summed E-state index contributed by atoms with van der Waals surface area (Å²) < 4.78 is 11.5. The van der Waals surface area contributed by atoms with Crippen LogP contribution in [0.15, 0.2) is 42.7 Å². The lowest BCUT2D eigenvalue weighted by Crippen LogP contribution is -2.60. The maximum Gasteiger partial charge on any atom is 0.410 e. The smallest absolute Gasteiger partial charge is 0.410 e. The Morgan fingerprint density at radius 1 is 1.18 bits per heavy atom. The van der Waals surface area contributed by atoms with Crippen molar-refractivity contribution < 1.29 is 14.3 Å². The molecule has 3 heterocycles. The van der Waals surface area contributed by atoms with Gasteiger partial charge in [0.2, 0.25) is 5.28 Å². The van der Waals surface area contributed by atoms with E-state index in [2.05, 4.69) is 14.9 Å². The number of carbonyl (C=O) groups is 1. The standard InChI is InChI=1S/C20H23ClN4O3/c21-19-22-10-16(11-23-19)12-24-7-6-17-18(13-24)27-9-8-25(17)20(26)28-14-15-4-2-1-3-5-15/h1-5,10-11,17-18H,6-9,12-14H2/t17-,18-/m1/s1. The number of likely N-dealkylation sites (tertiary alicyclic amines) is 1. The van der Waals surface area contributed by atoms with Crippen LogP contribution in [0.2, 0.25) is 5.28 Å². The molecule has 0 radical (unpaired) electrons. The quantitative estimate of drug-likeness (QED) is 0.732. The fraction of sp³-hybridized carbons (Fsp3) is 0.450. The zero-order chi connectivity index (χ0) is 19.3. The number of aromatic nitrogens is 2. The van der Waals surface area contributed by atoms with Crippen LogP contribution in [-0.2, 0) is 22.6 Å². The van der Waals surface area contributed by atoms with Crippen LogP contribution in [0.4, 0.5) is 4.79 Å². The summed E-state index contributed by atoms with van der Waals surface area (Å²) in [5, 5.41) is 0.253. The molecule has 7 nitrogen and oxygen atoms in total. The highest BCUT2D eigenvalue weighted by Gasteiger charge is 2.39. The number of nitrogens with zero attached hydrogens (tertiary/aromatic N) is 4. The number of morpholine rings is 1. The summed E-state index contributed by atoms with van der Waals surface area (Å²) in [5.41, 5.74) is 2.00. The first-order chi connectivity index (χ1) is 13.7. The third-order valence-corrected chi connectivity index (χ3v) is 5.39. The molecule has 1 amide bonds. The van der Waals surface area contributed by atoms with Crippen molar-refractivity contribution in [3.8, 4) is 0 Å². The first-order valence-corrected chi connectivity index (χ1v) is 9.84. The zero-order valence-corrected chi connectivity index (χ0v) is 16.3. The Hall–Kier alpha value is -2.22. The molecule has 2 aliphatic rings. The summed E-state index contributed by atoms with van der Waals surface area (Å²) in [6.45, 7) is 3.75. The van der Waals surface area contributed by atoms with Gasteiger partial charge in [-0.2, -0.15) is 0 Å². The number of amides is 1. The number of ether oxygens (including phenoxy) is 2. The molecule has 1 aromatic carbocycles. The first-order valence-electron chi connectivity index (χ1n) is 9.47. The predicted molar refractivity (Wildman–Crippen MR) is 104 cm³/mol. The normalized spacial score (nSPS) is 22.5. The summed E-state index contributed by atoms with van der Waals surface area (Å²) in [6, 6.07) is 9.78. The Labute approximate surface area is 169 Å². The number of rotatable bonds is 4. The number of benzene rings is 1. The van der Waals surface area contributed by atoms with Gasteiger partial charge in [0.15, 0.2) is 0 Å². The van der Waals surface area contributed by atoms with E-state index in [0.717, 1.165) is 37.2 Å². The SMILES string of the molecule is O=C(OCc1ccccc1)N1CCO[C@@H]2CN(Cc3cnc(Cl)nc3)CC[C@H]21. The Morgan fingerprint density at radius 3 is 2.75 bits per heavy atom. The van der Waals surface area contributed by atoms with E-state index >= 15 is 0 Å². The lowest BCUT2D eigenvalue weighted by atomic mass is 9.98. The molecule has 0 bridgehead atoms. The van der Waals surface area contributed by atoms with Gasteiger partial charge < -0.3 is 14.4 Å². The van der Waals surface area contributed by atoms with Crippen molar-refractivity contribution in [3.05, 3.63) is 59.1 Å². The maximum atomic E-state index is 12.6. The monoisotopic (exact) mass is 402 g/mol. The summed E-state index contributed by atoms with van der Waals surface area (Å²) in [6.07, 6.45) is 4.06. The van der Waals surface area contributed by atoms with Gasteiger partial charge in [-0.05, 0) is 23.6 Å². The van der Waals surface area contributed by atoms with Crippen molar-refractivity contribution in [1.82, 2.24) is 19.8 Å². The molecule has 0 aliphatic carbocycles. The Balaban J connectivity index is 1.32. The molecule has 2 aliphatic heterocycles. The highest BCUT2D eigenvalue weighted by Crippen LogP contribution is 2.25. The number of hydrogen-bond donors (Lipinski definition) is 0. The number of halogens is 1. The number of hydrogen-bond acceptors (Lipinski definition) is 6. The molecule has 1 aromatic heterocycles. The van der Waals surface area contributed by atoms with E-state index in [-0.39, 0.29) is 30.1 Å². The number of piperidine rings is 1. The van der Waals surface area contributed by atoms with Crippen LogP contribution in [-0.4, -0.2) is 64.2 Å². The third kappa shape index (κ3) is 4.60. The van der Waals surface area contributed by atoms with Gasteiger partial charge in [0.05, 0.1) is 18.8 Å². The molecule has 148 valence electrons. The first kappa shape index (κ1) is 19.1. The van der Waals surface area contributed by atoms with E-state index in [1.165, 1.54) is 0 Å². The number of fused-ring (bicyclic) bond motifs is 1. The van der Waals surface area contributed by atoms with Crippen LogP contribution >= 0.6 is 11.6 Å². The molecule has 0 saturated carbocycles. The van der Waals surface area contributed by atoms with Crippen LogP contribution in [0, 0.1) is 0 Å². The topological polar surface area (TPSA) is 67.8 Å². The van der Waals surface area contributed by atoms with Gasteiger partial charge >= 0.3 is 6.09 Å². The van der Waals surface area contributed by atoms with E-state index in [1.54, 1.807) is 12.4 Å². The van der Waals surface area contributed by atoms with Crippen LogP contribution in [0.5, 0.6) is 0 Å². The largest absolute Gasteiger partial charge is 0.445 e. The zero-order valence-electron chi connectivity index (χ0n) is 15.5. The van der Waals surface area contributed by atoms with Gasteiger partial charge in [-0.3, -0.25) is 4.90 Å². The molecule has 0 spiro atoms. The van der Waals surface area contributed by atoms with E-state index < -0.39 is 0 Å². The van der Waals surface area contributed by atoms with Crippen molar-refractivity contribution in [2.24, 2.45) is 0 Å². The lowest BCUT2D eigenvalue weighted by Gasteiger charge is -2.46. The van der Waals surface area contributed by atoms with Gasteiger partial charge in [0, 0.05) is 44.1 Å². The van der Waals surface area contributed by atoms with Gasteiger partial charge in [0.1, 0.15) is 6.61 Å². The molecule has 8 heteroatoms. The molecule has 0 N–H and O–H groups in total. The maximum absolute atomic E-state index is 12.6. The summed E-state index contributed by atoms with van der Waals surface area (Å²) in [5.74, 6) is 0. The molecule has 0 unspecified atom stereocenters. The van der Waals surface area contributed by atoms with E-state index in [0.29, 0.717) is 13.2 Å². The fourth-order valence-electron chi connectivity index (χ4n) is 3.81. The Bertz CT molecular complexity index is 790. The molecule has 4 rings (SSSR count). The molecule has 28 heavy (non-hydrogen) atoms. The highest BCUT2D eigenvalue weighted by molar-refractivity contribution is 6.28.